The minimum Gasteiger partial charge on any atom is -0.504 e. The topological polar surface area (TPSA) is 113 Å². The van der Waals surface area contributed by atoms with Crippen LogP contribution >= 0.6 is 0 Å². The molecule has 0 radical (unpaired) electrons. The van der Waals surface area contributed by atoms with E-state index in [-0.39, 0.29) is 37.1 Å². The number of aromatic hydroxyl groups is 2. The second kappa shape index (κ2) is 13.5. The van der Waals surface area contributed by atoms with E-state index in [1.165, 1.54) is 12.1 Å². The summed E-state index contributed by atoms with van der Waals surface area (Å²) in [6.07, 6.45) is 2.58. The summed E-state index contributed by atoms with van der Waals surface area (Å²) in [5, 5.41) is 19.0. The molecular weight excluding hydrogens is 414 g/mol. The second-order valence-corrected chi connectivity index (χ2v) is 8.30. The average Bonchev–Trinajstić information content (AvgIpc) is 2.77. The fraction of sp³-hybridized carbons (Fsp3) is 0.542. The molecule has 0 aliphatic heterocycles. The van der Waals surface area contributed by atoms with Crippen LogP contribution in [0.15, 0.2) is 30.4 Å². The molecule has 178 valence electrons. The Morgan fingerprint density at radius 2 is 1.81 bits per heavy atom. The Hall–Kier alpha value is -2.87. The van der Waals surface area contributed by atoms with Crippen LogP contribution in [0.5, 0.6) is 11.5 Å². The van der Waals surface area contributed by atoms with Gasteiger partial charge in [0, 0.05) is 37.0 Å². The van der Waals surface area contributed by atoms with Crippen LogP contribution in [-0.4, -0.2) is 66.2 Å². The molecule has 0 spiro atoms. The zero-order chi connectivity index (χ0) is 24.1. The van der Waals surface area contributed by atoms with E-state index in [0.717, 1.165) is 11.8 Å². The number of nitrogens with zero attached hydrogens (tertiary/aromatic N) is 1. The fourth-order valence-electron chi connectivity index (χ4n) is 2.77. The average molecular weight is 450 g/mol. The van der Waals surface area contributed by atoms with E-state index in [4.69, 9.17) is 9.47 Å². The van der Waals surface area contributed by atoms with Crippen molar-refractivity contribution >= 4 is 18.2 Å². The highest BCUT2D eigenvalue weighted by Crippen LogP contribution is 2.25. The van der Waals surface area contributed by atoms with Gasteiger partial charge in [0.05, 0.1) is 13.0 Å². The van der Waals surface area contributed by atoms with Crippen LogP contribution in [-0.2, 0) is 30.3 Å². The highest BCUT2D eigenvalue weighted by Gasteiger charge is 2.26. The monoisotopic (exact) mass is 449 g/mol. The van der Waals surface area contributed by atoms with E-state index in [9.17, 15) is 24.6 Å². The zero-order valence-electron chi connectivity index (χ0n) is 19.3. The normalized spacial score (nSPS) is 12.8. The molecule has 1 atom stereocenters. The molecule has 0 heterocycles. The lowest BCUT2D eigenvalue weighted by atomic mass is 9.90. The van der Waals surface area contributed by atoms with Crippen LogP contribution in [0.25, 0.3) is 0 Å². The molecule has 0 fully saturated rings. The number of benzene rings is 1. The predicted octanol–water partition coefficient (Wildman–Crippen LogP) is 3.00. The molecule has 0 saturated heterocycles. The van der Waals surface area contributed by atoms with Crippen molar-refractivity contribution in [2.24, 2.45) is 5.41 Å². The number of aldehydes is 1. The third-order valence-electron chi connectivity index (χ3n) is 5.29. The smallest absolute Gasteiger partial charge is 0.333 e. The number of phenolic OH excluding ortho intramolecular Hbond substituents is 2. The van der Waals surface area contributed by atoms with E-state index in [1.54, 1.807) is 13.0 Å². The van der Waals surface area contributed by atoms with Crippen molar-refractivity contribution in [2.45, 2.75) is 46.5 Å². The molecule has 1 unspecified atom stereocenters. The molecular formula is C24H35NO7. The van der Waals surface area contributed by atoms with E-state index in [0.29, 0.717) is 44.5 Å². The van der Waals surface area contributed by atoms with Crippen LogP contribution in [0.4, 0.5) is 0 Å². The van der Waals surface area contributed by atoms with Crippen molar-refractivity contribution in [3.8, 4) is 11.5 Å². The molecule has 8 heteroatoms. The van der Waals surface area contributed by atoms with Crippen molar-refractivity contribution in [2.75, 3.05) is 32.8 Å². The summed E-state index contributed by atoms with van der Waals surface area (Å²) in [7, 11) is 0. The molecule has 8 nitrogen and oxygen atoms in total. The lowest BCUT2D eigenvalue weighted by Crippen LogP contribution is -2.33. The van der Waals surface area contributed by atoms with Crippen molar-refractivity contribution in [3.05, 3.63) is 35.9 Å². The molecule has 0 aromatic heterocycles. The maximum absolute atomic E-state index is 12.3. The summed E-state index contributed by atoms with van der Waals surface area (Å²) in [6.45, 7) is 10.7. The number of carbonyl (C=O) groups excluding carboxylic acids is 3. The summed E-state index contributed by atoms with van der Waals surface area (Å²) in [5.41, 5.74) is 0.666. The molecule has 32 heavy (non-hydrogen) atoms. The lowest BCUT2D eigenvalue weighted by molar-refractivity contribution is -0.151. The SMILES string of the molecule is C=C(C)C(=O)OCC(C)(CC)COC(=O)CCN(CCC=O)CCc1ccc(O)c(O)c1. The predicted molar refractivity (Wildman–Crippen MR) is 120 cm³/mol. The Labute approximate surface area is 189 Å². The highest BCUT2D eigenvalue weighted by molar-refractivity contribution is 5.86. The molecule has 1 aromatic rings. The first kappa shape index (κ1) is 27.2. The van der Waals surface area contributed by atoms with Crippen LogP contribution < -0.4 is 0 Å². The molecule has 1 aromatic carbocycles. The Morgan fingerprint density at radius 3 is 2.41 bits per heavy atom. The summed E-state index contributed by atoms with van der Waals surface area (Å²) in [4.78, 5) is 36.7. The van der Waals surface area contributed by atoms with Crippen molar-refractivity contribution in [3.63, 3.8) is 0 Å². The van der Waals surface area contributed by atoms with Gasteiger partial charge < -0.3 is 29.4 Å². The van der Waals surface area contributed by atoms with Crippen LogP contribution in [0.2, 0.25) is 0 Å². The van der Waals surface area contributed by atoms with Gasteiger partial charge in [-0.15, -0.1) is 0 Å². The number of hydrogen-bond donors (Lipinski definition) is 2. The van der Waals surface area contributed by atoms with Gasteiger partial charge in [0.15, 0.2) is 11.5 Å². The van der Waals surface area contributed by atoms with E-state index >= 15 is 0 Å². The van der Waals surface area contributed by atoms with Gasteiger partial charge in [-0.2, -0.15) is 0 Å². The van der Waals surface area contributed by atoms with Gasteiger partial charge in [-0.1, -0.05) is 26.5 Å². The number of carbonyl (C=O) groups is 3. The number of phenols is 2. The first-order valence-electron chi connectivity index (χ1n) is 10.8. The molecule has 0 bridgehead atoms. The number of ether oxygens (including phenoxy) is 2. The summed E-state index contributed by atoms with van der Waals surface area (Å²) in [6, 6.07) is 4.64. The molecule has 0 saturated carbocycles. The Kier molecular flexibility index (Phi) is 11.5. The molecule has 0 amide bonds. The zero-order valence-corrected chi connectivity index (χ0v) is 19.3. The van der Waals surface area contributed by atoms with Gasteiger partial charge in [-0.05, 0) is 37.5 Å². The Morgan fingerprint density at radius 1 is 1.12 bits per heavy atom. The third-order valence-corrected chi connectivity index (χ3v) is 5.29. The van der Waals surface area contributed by atoms with Gasteiger partial charge in [0.1, 0.15) is 12.9 Å². The quantitative estimate of drug-likeness (QED) is 0.182. The Balaban J connectivity index is 2.52. The third kappa shape index (κ3) is 9.96. The van der Waals surface area contributed by atoms with Gasteiger partial charge in [0.2, 0.25) is 0 Å². The fourth-order valence-corrected chi connectivity index (χ4v) is 2.77. The van der Waals surface area contributed by atoms with Crippen molar-refractivity contribution in [1.82, 2.24) is 4.90 Å². The standard InChI is InChI=1S/C24H35NO7/c1-5-24(4,17-32-23(30)18(2)3)16-31-22(29)10-13-25(11-6-14-26)12-9-19-7-8-20(27)21(28)15-19/h7-8,14-15,27-28H,2,5-6,9-13,16-17H2,1,3-4H3. The molecule has 0 aliphatic carbocycles. The molecule has 2 N–H and O–H groups in total. The van der Waals surface area contributed by atoms with E-state index in [1.807, 2.05) is 18.7 Å². The summed E-state index contributed by atoms with van der Waals surface area (Å²) >= 11 is 0. The first-order valence-corrected chi connectivity index (χ1v) is 10.8. The summed E-state index contributed by atoms with van der Waals surface area (Å²) in [5.74, 6) is -1.20. The van der Waals surface area contributed by atoms with Crippen LogP contribution in [0.1, 0.15) is 45.6 Å². The minimum absolute atomic E-state index is 0.132. The van der Waals surface area contributed by atoms with Gasteiger partial charge >= 0.3 is 11.9 Å². The highest BCUT2D eigenvalue weighted by atomic mass is 16.5. The van der Waals surface area contributed by atoms with Crippen LogP contribution in [0, 0.1) is 5.41 Å². The maximum atomic E-state index is 12.3. The minimum atomic E-state index is -0.487. The number of hydrogen-bond acceptors (Lipinski definition) is 8. The van der Waals surface area contributed by atoms with Crippen molar-refractivity contribution in [1.29, 1.82) is 0 Å². The Bertz CT molecular complexity index is 793. The van der Waals surface area contributed by atoms with Crippen LogP contribution in [0.3, 0.4) is 0 Å². The van der Waals surface area contributed by atoms with E-state index < -0.39 is 11.4 Å². The van der Waals surface area contributed by atoms with Gasteiger partial charge in [0.25, 0.3) is 0 Å². The number of rotatable bonds is 15. The van der Waals surface area contributed by atoms with Crippen molar-refractivity contribution < 1.29 is 34.1 Å². The second-order valence-electron chi connectivity index (χ2n) is 8.30. The van der Waals surface area contributed by atoms with E-state index in [2.05, 4.69) is 6.58 Å². The molecule has 1 rings (SSSR count). The largest absolute Gasteiger partial charge is 0.504 e. The summed E-state index contributed by atoms with van der Waals surface area (Å²) < 4.78 is 10.6. The maximum Gasteiger partial charge on any atom is 0.333 e. The van der Waals surface area contributed by atoms with Gasteiger partial charge in [-0.3, -0.25) is 4.79 Å². The number of esters is 2. The lowest BCUT2D eigenvalue weighted by Gasteiger charge is -2.27. The molecule has 0 aliphatic rings. The van der Waals surface area contributed by atoms with Gasteiger partial charge in [-0.25, -0.2) is 4.79 Å². The first-order chi connectivity index (χ1) is 15.1.